The van der Waals surface area contributed by atoms with Gasteiger partial charge in [0.25, 0.3) is 0 Å². The highest BCUT2D eigenvalue weighted by atomic mass is 16.3. The molecule has 0 aromatic rings. The fraction of sp³-hybridized carbons (Fsp3) is 1.00. The molecule has 0 aromatic heterocycles. The minimum atomic E-state index is -0.0670. The quantitative estimate of drug-likeness (QED) is 0.777. The molecule has 2 heterocycles. The molecule has 0 bridgehead atoms. The summed E-state index contributed by atoms with van der Waals surface area (Å²) in [6, 6.07) is 1.23. The lowest BCUT2D eigenvalue weighted by atomic mass is 10.0. The summed E-state index contributed by atoms with van der Waals surface area (Å²) in [6.45, 7) is 5.04. The second kappa shape index (κ2) is 6.55. The van der Waals surface area contributed by atoms with E-state index in [9.17, 15) is 5.11 Å². The number of rotatable bonds is 2. The van der Waals surface area contributed by atoms with Crippen LogP contribution in [0.2, 0.25) is 0 Å². The molecule has 3 aliphatic rings. The van der Waals surface area contributed by atoms with Gasteiger partial charge in [-0.2, -0.15) is 0 Å². The minimum Gasteiger partial charge on any atom is -0.391 e. The van der Waals surface area contributed by atoms with Crippen LogP contribution >= 0.6 is 0 Å². The average molecular weight is 266 g/mol. The molecule has 110 valence electrons. The van der Waals surface area contributed by atoms with Gasteiger partial charge in [-0.3, -0.25) is 9.80 Å². The predicted molar refractivity (Wildman–Crippen MR) is 78.3 cm³/mol. The van der Waals surface area contributed by atoms with Crippen molar-refractivity contribution in [3.05, 3.63) is 0 Å². The van der Waals surface area contributed by atoms with Crippen molar-refractivity contribution in [2.24, 2.45) is 0 Å². The largest absolute Gasteiger partial charge is 0.391 e. The third-order valence-corrected chi connectivity index (χ3v) is 5.51. The van der Waals surface area contributed by atoms with Crippen LogP contribution in [0.5, 0.6) is 0 Å². The summed E-state index contributed by atoms with van der Waals surface area (Å²) in [5.74, 6) is 0. The van der Waals surface area contributed by atoms with Crippen LogP contribution in [-0.4, -0.2) is 59.3 Å². The van der Waals surface area contributed by atoms with Gasteiger partial charge in [-0.15, -0.1) is 0 Å². The maximum atomic E-state index is 10.4. The van der Waals surface area contributed by atoms with Crippen LogP contribution in [0.1, 0.15) is 57.8 Å². The van der Waals surface area contributed by atoms with E-state index in [1.165, 1.54) is 77.5 Å². The van der Waals surface area contributed by atoms with Crippen molar-refractivity contribution in [2.45, 2.75) is 76.0 Å². The third kappa shape index (κ3) is 3.32. The van der Waals surface area contributed by atoms with Crippen molar-refractivity contribution in [3.63, 3.8) is 0 Å². The first-order chi connectivity index (χ1) is 9.34. The van der Waals surface area contributed by atoms with Crippen molar-refractivity contribution in [1.29, 1.82) is 0 Å². The third-order valence-electron chi connectivity index (χ3n) is 5.51. The lowest BCUT2D eigenvalue weighted by Crippen LogP contribution is -2.45. The second-order valence-corrected chi connectivity index (χ2v) is 6.81. The number of aliphatic hydroxyl groups excluding tert-OH is 1. The Kier molecular flexibility index (Phi) is 4.78. The van der Waals surface area contributed by atoms with E-state index in [-0.39, 0.29) is 6.10 Å². The molecule has 3 nitrogen and oxygen atoms in total. The van der Waals surface area contributed by atoms with Crippen LogP contribution in [0.15, 0.2) is 0 Å². The van der Waals surface area contributed by atoms with Crippen molar-refractivity contribution in [2.75, 3.05) is 26.2 Å². The Bertz CT molecular complexity index is 278. The normalized spacial score (nSPS) is 39.3. The molecule has 2 saturated heterocycles. The zero-order valence-corrected chi connectivity index (χ0v) is 12.3. The summed E-state index contributed by atoms with van der Waals surface area (Å²) >= 11 is 0. The molecule has 0 radical (unpaired) electrons. The average Bonchev–Trinajstić information content (AvgIpc) is 2.83. The smallest absolute Gasteiger partial charge is 0.0695 e. The molecule has 2 aliphatic heterocycles. The SMILES string of the molecule is OC1CCCCCC1N1CCC(N2CCCCC2)C1. The van der Waals surface area contributed by atoms with E-state index in [0.29, 0.717) is 6.04 Å². The summed E-state index contributed by atoms with van der Waals surface area (Å²) in [4.78, 5) is 5.32. The lowest BCUT2D eigenvalue weighted by Gasteiger charge is -2.34. The van der Waals surface area contributed by atoms with Gasteiger partial charge < -0.3 is 5.11 Å². The van der Waals surface area contributed by atoms with Gasteiger partial charge in [0.1, 0.15) is 0 Å². The Hall–Kier alpha value is -0.120. The maximum Gasteiger partial charge on any atom is 0.0695 e. The van der Waals surface area contributed by atoms with Crippen LogP contribution < -0.4 is 0 Å². The number of aliphatic hydroxyl groups is 1. The second-order valence-electron chi connectivity index (χ2n) is 6.81. The molecule has 3 rings (SSSR count). The molecular formula is C16H30N2O. The highest BCUT2D eigenvalue weighted by Gasteiger charge is 2.35. The molecule has 0 aromatic carbocycles. The number of likely N-dealkylation sites (tertiary alicyclic amines) is 2. The van der Waals surface area contributed by atoms with Gasteiger partial charge in [0.2, 0.25) is 0 Å². The van der Waals surface area contributed by atoms with Gasteiger partial charge in [0.15, 0.2) is 0 Å². The van der Waals surface area contributed by atoms with E-state index in [2.05, 4.69) is 9.80 Å². The Morgan fingerprint density at radius 2 is 1.42 bits per heavy atom. The predicted octanol–water partition coefficient (Wildman–Crippen LogP) is 2.24. The summed E-state index contributed by atoms with van der Waals surface area (Å²) in [6.07, 6.45) is 11.6. The number of nitrogens with zero attached hydrogens (tertiary/aromatic N) is 2. The lowest BCUT2D eigenvalue weighted by molar-refractivity contribution is 0.0509. The Morgan fingerprint density at radius 3 is 2.26 bits per heavy atom. The van der Waals surface area contributed by atoms with Gasteiger partial charge in [-0.1, -0.05) is 25.7 Å². The van der Waals surface area contributed by atoms with Crippen molar-refractivity contribution in [1.82, 2.24) is 9.80 Å². The molecule has 0 spiro atoms. The summed E-state index contributed by atoms with van der Waals surface area (Å²) in [7, 11) is 0. The Balaban J connectivity index is 1.55. The summed E-state index contributed by atoms with van der Waals surface area (Å²) < 4.78 is 0. The molecule has 3 unspecified atom stereocenters. The molecule has 19 heavy (non-hydrogen) atoms. The summed E-state index contributed by atoms with van der Waals surface area (Å²) in [5.41, 5.74) is 0. The first kappa shape index (κ1) is 13.8. The standard InChI is InChI=1S/C16H30N2O/c19-16-8-4-1-3-7-15(16)18-12-9-14(13-18)17-10-5-2-6-11-17/h14-16,19H,1-13H2. The first-order valence-electron chi connectivity index (χ1n) is 8.51. The zero-order chi connectivity index (χ0) is 13.1. The van der Waals surface area contributed by atoms with Crippen molar-refractivity contribution in [3.8, 4) is 0 Å². The minimum absolute atomic E-state index is 0.0670. The first-order valence-corrected chi connectivity index (χ1v) is 8.51. The van der Waals surface area contributed by atoms with Gasteiger partial charge >= 0.3 is 0 Å². The van der Waals surface area contributed by atoms with Gasteiger partial charge in [0.05, 0.1) is 6.10 Å². The fourth-order valence-electron chi connectivity index (χ4n) is 4.35. The zero-order valence-electron chi connectivity index (χ0n) is 12.3. The number of hydrogen-bond donors (Lipinski definition) is 1. The van der Waals surface area contributed by atoms with Crippen LogP contribution in [0, 0.1) is 0 Å². The van der Waals surface area contributed by atoms with Gasteiger partial charge in [-0.25, -0.2) is 0 Å². The van der Waals surface area contributed by atoms with E-state index < -0.39 is 0 Å². The number of hydrogen-bond acceptors (Lipinski definition) is 3. The van der Waals surface area contributed by atoms with E-state index >= 15 is 0 Å². The molecule has 0 amide bonds. The van der Waals surface area contributed by atoms with Crippen molar-refractivity contribution < 1.29 is 5.11 Å². The van der Waals surface area contributed by atoms with Gasteiger partial charge in [0, 0.05) is 25.2 Å². The Morgan fingerprint density at radius 1 is 0.684 bits per heavy atom. The maximum absolute atomic E-state index is 10.4. The summed E-state index contributed by atoms with van der Waals surface area (Å²) in [5, 5.41) is 10.4. The Labute approximate surface area is 118 Å². The van der Waals surface area contributed by atoms with E-state index in [0.717, 1.165) is 12.5 Å². The van der Waals surface area contributed by atoms with Crippen LogP contribution in [0.25, 0.3) is 0 Å². The molecule has 1 aliphatic carbocycles. The monoisotopic (exact) mass is 266 g/mol. The molecule has 1 saturated carbocycles. The molecule has 3 fully saturated rings. The molecule has 3 heteroatoms. The fourth-order valence-corrected chi connectivity index (χ4v) is 4.35. The highest BCUT2D eigenvalue weighted by molar-refractivity contribution is 4.91. The molecular weight excluding hydrogens is 236 g/mol. The van der Waals surface area contributed by atoms with E-state index in [1.807, 2.05) is 0 Å². The van der Waals surface area contributed by atoms with Gasteiger partial charge in [-0.05, 0) is 45.2 Å². The highest BCUT2D eigenvalue weighted by Crippen LogP contribution is 2.28. The van der Waals surface area contributed by atoms with Crippen molar-refractivity contribution >= 4 is 0 Å². The van der Waals surface area contributed by atoms with Crippen LogP contribution in [-0.2, 0) is 0 Å². The van der Waals surface area contributed by atoms with E-state index in [4.69, 9.17) is 0 Å². The van der Waals surface area contributed by atoms with Crippen LogP contribution in [0.3, 0.4) is 0 Å². The topological polar surface area (TPSA) is 26.7 Å². The molecule has 3 atom stereocenters. The molecule has 1 N–H and O–H groups in total. The number of piperidine rings is 1. The van der Waals surface area contributed by atoms with E-state index in [1.54, 1.807) is 0 Å². The van der Waals surface area contributed by atoms with Crippen LogP contribution in [0.4, 0.5) is 0 Å².